The van der Waals surface area contributed by atoms with Gasteiger partial charge >= 0.3 is 0 Å². The van der Waals surface area contributed by atoms with Gasteiger partial charge < -0.3 is 0 Å². The van der Waals surface area contributed by atoms with Gasteiger partial charge in [-0.15, -0.1) is 0 Å². The van der Waals surface area contributed by atoms with Crippen molar-refractivity contribution in [1.29, 1.82) is 0 Å². The highest BCUT2D eigenvalue weighted by Crippen LogP contribution is 2.35. The fraction of sp³-hybridized carbons (Fsp3) is 0. The molecule has 11 rings (SSSR count). The summed E-state index contributed by atoms with van der Waals surface area (Å²) in [6, 6.07) is 76.6. The summed E-state index contributed by atoms with van der Waals surface area (Å²) in [5.74, 6) is 1.95. The molecule has 0 aliphatic carbocycles. The summed E-state index contributed by atoms with van der Waals surface area (Å²) in [7, 11) is -2.84. The first kappa shape index (κ1) is 33.1. The van der Waals surface area contributed by atoms with E-state index in [1.54, 1.807) is 0 Å². The van der Waals surface area contributed by atoms with Crippen LogP contribution in [0.4, 0.5) is 0 Å². The Balaban J connectivity index is 1.12. The quantitative estimate of drug-likeness (QED) is 0.159. The molecule has 1 aliphatic rings. The van der Waals surface area contributed by atoms with Crippen LogP contribution in [0, 0.1) is 0 Å². The monoisotopic (exact) mass is 741 g/mol. The highest BCUT2D eigenvalue weighted by Gasteiger charge is 2.49. The lowest BCUT2D eigenvalue weighted by atomic mass is 9.97. The maximum Gasteiger partial charge on any atom is 0.181 e. The van der Waals surface area contributed by atoms with E-state index in [0.717, 1.165) is 22.3 Å². The molecule has 0 radical (unpaired) electrons. The van der Waals surface area contributed by atoms with Crippen molar-refractivity contribution in [3.8, 4) is 56.4 Å². The number of rotatable bonds is 6. The van der Waals surface area contributed by atoms with Gasteiger partial charge in [0.2, 0.25) is 0 Å². The topological polar surface area (TPSA) is 38.7 Å². The molecule has 0 spiro atoms. The number of benzene rings is 9. The first-order valence-corrected chi connectivity index (χ1v) is 21.4. The van der Waals surface area contributed by atoms with Crippen LogP contribution in [0.5, 0.6) is 0 Å². The molecule has 0 atom stereocenters. The first-order chi connectivity index (χ1) is 28.3. The highest BCUT2D eigenvalue weighted by molar-refractivity contribution is 7.23. The molecular weight excluding hydrogens is 707 g/mol. The summed E-state index contributed by atoms with van der Waals surface area (Å²) in [5, 5.41) is 10.5. The van der Waals surface area contributed by atoms with E-state index in [2.05, 4.69) is 194 Å². The number of hydrogen-bond donors (Lipinski definition) is 0. The van der Waals surface area contributed by atoms with E-state index in [1.807, 2.05) is 18.2 Å². The number of aromatic nitrogens is 3. The molecular formula is C53H35N3Si. The second-order valence-electron chi connectivity index (χ2n) is 14.7. The molecule has 1 aliphatic heterocycles. The molecule has 266 valence electrons. The van der Waals surface area contributed by atoms with Crippen molar-refractivity contribution in [2.75, 3.05) is 0 Å². The minimum Gasteiger partial charge on any atom is -0.208 e. The Bertz CT molecular complexity index is 3060. The van der Waals surface area contributed by atoms with Crippen LogP contribution in [-0.4, -0.2) is 23.0 Å². The molecule has 3 nitrogen and oxygen atoms in total. The Morgan fingerprint density at radius 2 is 0.772 bits per heavy atom. The van der Waals surface area contributed by atoms with Crippen LogP contribution in [0.1, 0.15) is 0 Å². The molecule has 0 bridgehead atoms. The summed E-state index contributed by atoms with van der Waals surface area (Å²) >= 11 is 0. The van der Waals surface area contributed by atoms with Crippen molar-refractivity contribution in [1.82, 2.24) is 15.0 Å². The average molecular weight is 742 g/mol. The van der Waals surface area contributed by atoms with E-state index in [1.165, 1.54) is 59.0 Å². The SMILES string of the molecule is c1ccc(-c2nc(-c3ccc(-c4cccc5ccccc45)cc3)nc(-c3ccc4c(c3)[Si](c3ccccc3)(c3ccccc3)c3c-4ccc4ccccc34)n2)cc1. The van der Waals surface area contributed by atoms with Crippen LogP contribution in [0.15, 0.2) is 212 Å². The summed E-state index contributed by atoms with van der Waals surface area (Å²) < 4.78 is 0. The Morgan fingerprint density at radius 3 is 1.44 bits per heavy atom. The van der Waals surface area contributed by atoms with E-state index in [4.69, 9.17) is 15.0 Å². The second kappa shape index (κ2) is 13.5. The maximum absolute atomic E-state index is 5.26. The standard InChI is InChI=1S/C53H35N3Si/c1-4-17-39(18-5-1)51-54-52(40-29-27-38(28-30-40)45-26-14-19-36-15-10-12-24-44(36)45)56-53(55-51)41-32-33-47-48-34-31-37-16-11-13-25-46(37)50(48)57(49(47)35-41,42-20-6-2-7-21-42)43-22-8-3-9-23-43/h1-35H. The minimum absolute atomic E-state index is 0.646. The highest BCUT2D eigenvalue weighted by atomic mass is 28.3. The lowest BCUT2D eigenvalue weighted by Gasteiger charge is -2.32. The lowest BCUT2D eigenvalue weighted by Crippen LogP contribution is -2.73. The maximum atomic E-state index is 5.26. The van der Waals surface area contributed by atoms with Crippen molar-refractivity contribution in [3.63, 3.8) is 0 Å². The second-order valence-corrected chi connectivity index (χ2v) is 18.4. The molecule has 0 saturated carbocycles. The third kappa shape index (κ3) is 5.37. The van der Waals surface area contributed by atoms with Gasteiger partial charge in [0.25, 0.3) is 0 Å². The van der Waals surface area contributed by atoms with Crippen molar-refractivity contribution in [2.24, 2.45) is 0 Å². The molecule has 0 N–H and O–H groups in total. The van der Waals surface area contributed by atoms with Gasteiger partial charge in [-0.2, -0.15) is 0 Å². The number of hydrogen-bond acceptors (Lipinski definition) is 3. The van der Waals surface area contributed by atoms with Gasteiger partial charge in [0.05, 0.1) is 0 Å². The Hall–Kier alpha value is -7.27. The van der Waals surface area contributed by atoms with Gasteiger partial charge in [0.1, 0.15) is 0 Å². The van der Waals surface area contributed by atoms with E-state index < -0.39 is 8.07 Å². The molecule has 0 saturated heterocycles. The number of fused-ring (bicyclic) bond motifs is 6. The fourth-order valence-electron chi connectivity index (χ4n) is 9.03. The average Bonchev–Trinajstić information content (AvgIpc) is 3.60. The van der Waals surface area contributed by atoms with Gasteiger partial charge in [-0.05, 0) is 64.5 Å². The van der Waals surface area contributed by atoms with Crippen LogP contribution < -0.4 is 20.7 Å². The van der Waals surface area contributed by atoms with Crippen LogP contribution in [0.25, 0.3) is 78.0 Å². The molecule has 9 aromatic carbocycles. The molecule has 10 aromatic rings. The van der Waals surface area contributed by atoms with Crippen LogP contribution in [0.3, 0.4) is 0 Å². The van der Waals surface area contributed by atoms with E-state index in [-0.39, 0.29) is 0 Å². The van der Waals surface area contributed by atoms with Crippen molar-refractivity contribution >= 4 is 50.4 Å². The largest absolute Gasteiger partial charge is 0.208 e. The van der Waals surface area contributed by atoms with Crippen LogP contribution in [-0.2, 0) is 0 Å². The van der Waals surface area contributed by atoms with Crippen LogP contribution in [0.2, 0.25) is 0 Å². The molecule has 1 aromatic heterocycles. The van der Waals surface area contributed by atoms with Crippen molar-refractivity contribution in [2.45, 2.75) is 0 Å². The van der Waals surface area contributed by atoms with Crippen LogP contribution >= 0.6 is 0 Å². The van der Waals surface area contributed by atoms with Gasteiger partial charge in [0.15, 0.2) is 25.5 Å². The van der Waals surface area contributed by atoms with Gasteiger partial charge in [-0.1, -0.05) is 212 Å². The summed E-state index contributed by atoms with van der Waals surface area (Å²) in [4.78, 5) is 15.6. The Labute approximate surface area is 332 Å². The third-order valence-corrected chi connectivity index (χ3v) is 16.5. The normalized spacial score (nSPS) is 12.7. The summed E-state index contributed by atoms with van der Waals surface area (Å²) in [6.45, 7) is 0. The zero-order chi connectivity index (χ0) is 37.8. The smallest absolute Gasteiger partial charge is 0.181 e. The lowest BCUT2D eigenvalue weighted by molar-refractivity contribution is 1.07. The van der Waals surface area contributed by atoms with Crippen molar-refractivity contribution < 1.29 is 0 Å². The molecule has 0 unspecified atom stereocenters. The fourth-order valence-corrected chi connectivity index (χ4v) is 14.5. The van der Waals surface area contributed by atoms with Gasteiger partial charge in [-0.25, -0.2) is 15.0 Å². The Kier molecular flexibility index (Phi) is 7.83. The van der Waals surface area contributed by atoms with E-state index >= 15 is 0 Å². The molecule has 57 heavy (non-hydrogen) atoms. The minimum atomic E-state index is -2.84. The zero-order valence-electron chi connectivity index (χ0n) is 31.0. The van der Waals surface area contributed by atoms with Gasteiger partial charge in [-0.3, -0.25) is 0 Å². The third-order valence-electron chi connectivity index (χ3n) is 11.6. The van der Waals surface area contributed by atoms with E-state index in [9.17, 15) is 0 Å². The molecule has 2 heterocycles. The molecule has 0 fully saturated rings. The van der Waals surface area contributed by atoms with Crippen molar-refractivity contribution in [3.05, 3.63) is 212 Å². The molecule has 0 amide bonds. The zero-order valence-corrected chi connectivity index (χ0v) is 32.0. The first-order valence-electron chi connectivity index (χ1n) is 19.4. The summed E-state index contributed by atoms with van der Waals surface area (Å²) in [6.07, 6.45) is 0. The predicted molar refractivity (Wildman–Crippen MR) is 239 cm³/mol. The molecule has 4 heteroatoms. The van der Waals surface area contributed by atoms with Gasteiger partial charge in [0, 0.05) is 16.7 Å². The Morgan fingerprint density at radius 1 is 0.298 bits per heavy atom. The predicted octanol–water partition coefficient (Wildman–Crippen LogP) is 10.2. The summed E-state index contributed by atoms with van der Waals surface area (Å²) in [5.41, 5.74) is 7.81. The van der Waals surface area contributed by atoms with E-state index in [0.29, 0.717) is 17.5 Å². The number of nitrogens with zero attached hydrogens (tertiary/aromatic N) is 3.